The number of aromatic nitrogens is 1. The van der Waals surface area contributed by atoms with Gasteiger partial charge < -0.3 is 20.6 Å². The van der Waals surface area contributed by atoms with Gasteiger partial charge >= 0.3 is 0 Å². The maximum absolute atomic E-state index is 13.0. The average molecular weight is 437 g/mol. The van der Waals surface area contributed by atoms with Crippen molar-refractivity contribution < 1.29 is 19.1 Å². The number of amides is 2. The number of aliphatic hydroxyl groups is 1. The first-order valence-electron chi connectivity index (χ1n) is 9.79. The van der Waals surface area contributed by atoms with Crippen molar-refractivity contribution in [2.45, 2.75) is 51.9 Å². The van der Waals surface area contributed by atoms with E-state index in [2.05, 4.69) is 10.3 Å². The first kappa shape index (κ1) is 24.0. The lowest BCUT2D eigenvalue weighted by Crippen LogP contribution is -2.53. The number of imide groups is 1. The van der Waals surface area contributed by atoms with Gasteiger partial charge in [-0.05, 0) is 24.8 Å². The van der Waals surface area contributed by atoms with Gasteiger partial charge in [0.25, 0.3) is 0 Å². The van der Waals surface area contributed by atoms with E-state index in [1.165, 1.54) is 11.3 Å². The van der Waals surface area contributed by atoms with E-state index in [0.717, 1.165) is 16.8 Å². The van der Waals surface area contributed by atoms with Crippen LogP contribution in [0.2, 0.25) is 0 Å². The van der Waals surface area contributed by atoms with Gasteiger partial charge in [0, 0.05) is 12.1 Å². The molecule has 2 aromatic rings. The van der Waals surface area contributed by atoms with E-state index in [1.54, 1.807) is 0 Å². The zero-order valence-electron chi connectivity index (χ0n) is 17.4. The number of rotatable bonds is 6. The molecular weight excluding hydrogens is 408 g/mol. The largest absolute Gasteiger partial charge is 0.443 e. The van der Waals surface area contributed by atoms with Crippen molar-refractivity contribution in [2.24, 2.45) is 11.7 Å². The number of carbonyl (C=O) groups is 2. The third-order valence-corrected chi connectivity index (χ3v) is 5.24. The molecule has 0 saturated carbocycles. The van der Waals surface area contributed by atoms with Gasteiger partial charge in [-0.3, -0.25) is 14.5 Å². The molecule has 3 rings (SSSR count). The molecule has 2 heterocycles. The van der Waals surface area contributed by atoms with Gasteiger partial charge in [0.1, 0.15) is 0 Å². The van der Waals surface area contributed by atoms with Crippen molar-refractivity contribution >= 4 is 24.2 Å². The van der Waals surface area contributed by atoms with Gasteiger partial charge in [0.15, 0.2) is 12.2 Å². The number of β-amino-alcohol motifs (C(OH)–C–C–N with tert-alkyl or cyclic N) is 1. The Morgan fingerprint density at radius 3 is 2.50 bits per heavy atom. The van der Waals surface area contributed by atoms with Crippen LogP contribution in [-0.2, 0) is 16.1 Å². The lowest BCUT2D eigenvalue weighted by atomic mass is 10.0. The van der Waals surface area contributed by atoms with Crippen molar-refractivity contribution in [1.82, 2.24) is 15.2 Å². The fourth-order valence-electron chi connectivity index (χ4n) is 3.35. The number of carbonyl (C=O) groups excluding carboxylic acids is 2. The van der Waals surface area contributed by atoms with Crippen LogP contribution in [0.15, 0.2) is 35.1 Å². The second kappa shape index (κ2) is 10.2. The Labute approximate surface area is 182 Å². The third kappa shape index (κ3) is 5.26. The molecule has 3 atom stereocenters. The number of aryl methyl sites for hydroxylation is 1. The SMILES string of the molecule is Cc1ncoc1-c1ccc(CN(C(=O)[C@@H]2C[C@@H](O)CN2)C(=O)[C@@H](N)C(C)C)cc1.Cl. The number of oxazole rings is 1. The molecule has 1 saturated heterocycles. The number of nitrogens with one attached hydrogen (secondary N) is 1. The second-order valence-corrected chi connectivity index (χ2v) is 7.85. The van der Waals surface area contributed by atoms with Crippen molar-refractivity contribution in [3.05, 3.63) is 41.9 Å². The highest BCUT2D eigenvalue weighted by molar-refractivity contribution is 6.00. The summed E-state index contributed by atoms with van der Waals surface area (Å²) < 4.78 is 5.40. The number of nitrogens with two attached hydrogens (primary N) is 1. The molecule has 0 bridgehead atoms. The predicted molar refractivity (Wildman–Crippen MR) is 115 cm³/mol. The molecule has 0 radical (unpaired) electrons. The quantitative estimate of drug-likeness (QED) is 0.629. The molecule has 164 valence electrons. The zero-order valence-corrected chi connectivity index (χ0v) is 18.2. The molecule has 9 heteroatoms. The minimum absolute atomic E-state index is 0. The van der Waals surface area contributed by atoms with Crippen LogP contribution in [0.1, 0.15) is 31.5 Å². The lowest BCUT2D eigenvalue weighted by molar-refractivity contribution is -0.148. The van der Waals surface area contributed by atoms with Gasteiger partial charge in [-0.25, -0.2) is 4.98 Å². The van der Waals surface area contributed by atoms with Crippen LogP contribution < -0.4 is 11.1 Å². The number of benzene rings is 1. The highest BCUT2D eigenvalue weighted by Gasteiger charge is 2.36. The van der Waals surface area contributed by atoms with Gasteiger partial charge in [0.2, 0.25) is 11.8 Å². The summed E-state index contributed by atoms with van der Waals surface area (Å²) in [6.45, 7) is 6.00. The fraction of sp³-hybridized carbons (Fsp3) is 0.476. The van der Waals surface area contributed by atoms with Crippen LogP contribution in [0, 0.1) is 12.8 Å². The molecule has 1 fully saturated rings. The van der Waals surface area contributed by atoms with E-state index in [-0.39, 0.29) is 37.2 Å². The molecule has 2 amide bonds. The smallest absolute Gasteiger partial charge is 0.246 e. The molecule has 1 aliphatic heterocycles. The summed E-state index contributed by atoms with van der Waals surface area (Å²) in [4.78, 5) is 31.2. The molecule has 1 aromatic carbocycles. The number of hydrogen-bond donors (Lipinski definition) is 3. The number of aliphatic hydroxyl groups excluding tert-OH is 1. The Morgan fingerprint density at radius 2 is 2.00 bits per heavy atom. The number of nitrogens with zero attached hydrogens (tertiary/aromatic N) is 2. The van der Waals surface area contributed by atoms with Crippen molar-refractivity contribution in [3.8, 4) is 11.3 Å². The zero-order chi connectivity index (χ0) is 21.1. The van der Waals surface area contributed by atoms with E-state index in [9.17, 15) is 14.7 Å². The van der Waals surface area contributed by atoms with Crippen molar-refractivity contribution in [1.29, 1.82) is 0 Å². The molecule has 4 N–H and O–H groups in total. The lowest BCUT2D eigenvalue weighted by Gasteiger charge is -2.28. The molecule has 0 aliphatic carbocycles. The Hall–Kier alpha value is -2.26. The summed E-state index contributed by atoms with van der Waals surface area (Å²) in [5, 5.41) is 12.7. The van der Waals surface area contributed by atoms with E-state index in [1.807, 2.05) is 45.0 Å². The number of hydrogen-bond acceptors (Lipinski definition) is 7. The molecule has 1 aromatic heterocycles. The van der Waals surface area contributed by atoms with Gasteiger partial charge in [-0.1, -0.05) is 38.1 Å². The molecule has 0 spiro atoms. The number of halogens is 1. The summed E-state index contributed by atoms with van der Waals surface area (Å²) in [6.07, 6.45) is 1.08. The van der Waals surface area contributed by atoms with Gasteiger partial charge in [-0.2, -0.15) is 0 Å². The second-order valence-electron chi connectivity index (χ2n) is 7.85. The topological polar surface area (TPSA) is 122 Å². The monoisotopic (exact) mass is 436 g/mol. The van der Waals surface area contributed by atoms with Crippen molar-refractivity contribution in [2.75, 3.05) is 6.54 Å². The first-order valence-corrected chi connectivity index (χ1v) is 9.79. The van der Waals surface area contributed by atoms with Crippen LogP contribution in [0.5, 0.6) is 0 Å². The average Bonchev–Trinajstić information content (AvgIpc) is 3.33. The molecule has 30 heavy (non-hydrogen) atoms. The predicted octanol–water partition coefficient (Wildman–Crippen LogP) is 1.63. The first-order chi connectivity index (χ1) is 13.8. The molecular formula is C21H29ClN4O4. The Balaban J connectivity index is 0.00000320. The summed E-state index contributed by atoms with van der Waals surface area (Å²) in [5.41, 5.74) is 8.50. The highest BCUT2D eigenvalue weighted by atomic mass is 35.5. The summed E-state index contributed by atoms with van der Waals surface area (Å²) in [5.74, 6) is -0.190. The Kier molecular flexibility index (Phi) is 8.14. The van der Waals surface area contributed by atoms with Crippen LogP contribution >= 0.6 is 12.4 Å². The van der Waals surface area contributed by atoms with Crippen LogP contribution in [0.4, 0.5) is 0 Å². The standard InChI is InChI=1S/C21H28N4O4.ClH/c1-12(2)18(22)21(28)25(20(27)17-8-16(26)9-23-17)10-14-4-6-15(7-5-14)19-13(3)24-11-29-19;/h4-7,11-12,16-18,23,26H,8-10,22H2,1-3H3;1H/t16-,17+,18+;/m1./s1. The van der Waals surface area contributed by atoms with Crippen molar-refractivity contribution in [3.63, 3.8) is 0 Å². The molecule has 0 unspecified atom stereocenters. The van der Waals surface area contributed by atoms with E-state index in [0.29, 0.717) is 12.3 Å². The van der Waals surface area contributed by atoms with Crippen LogP contribution in [0.3, 0.4) is 0 Å². The van der Waals surface area contributed by atoms with Gasteiger partial charge in [-0.15, -0.1) is 12.4 Å². The van der Waals surface area contributed by atoms with E-state index >= 15 is 0 Å². The van der Waals surface area contributed by atoms with E-state index in [4.69, 9.17) is 10.2 Å². The highest BCUT2D eigenvalue weighted by Crippen LogP contribution is 2.23. The summed E-state index contributed by atoms with van der Waals surface area (Å²) in [7, 11) is 0. The third-order valence-electron chi connectivity index (χ3n) is 5.24. The maximum Gasteiger partial charge on any atom is 0.246 e. The van der Waals surface area contributed by atoms with Crippen LogP contribution in [0.25, 0.3) is 11.3 Å². The molecule has 8 nitrogen and oxygen atoms in total. The normalized spacial score (nSPS) is 19.4. The van der Waals surface area contributed by atoms with E-state index < -0.39 is 24.1 Å². The maximum atomic E-state index is 13.0. The summed E-state index contributed by atoms with van der Waals surface area (Å²) >= 11 is 0. The summed E-state index contributed by atoms with van der Waals surface area (Å²) in [6, 6.07) is 6.07. The fourth-order valence-corrected chi connectivity index (χ4v) is 3.35. The Morgan fingerprint density at radius 1 is 1.33 bits per heavy atom. The minimum atomic E-state index is -0.776. The Bertz CT molecular complexity index is 868. The molecule has 1 aliphatic rings. The van der Waals surface area contributed by atoms with Crippen LogP contribution in [-0.4, -0.2) is 51.5 Å². The minimum Gasteiger partial charge on any atom is -0.443 e. The van der Waals surface area contributed by atoms with Gasteiger partial charge in [0.05, 0.1) is 30.4 Å².